The highest BCUT2D eigenvalue weighted by molar-refractivity contribution is 8.17. The number of carbonyl (C=O) groups is 1. The zero-order chi connectivity index (χ0) is 39.5. The first kappa shape index (κ1) is 41.5. The van der Waals surface area contributed by atoms with Crippen molar-refractivity contribution in [3.8, 4) is 40.2 Å². The van der Waals surface area contributed by atoms with Crippen LogP contribution in [0, 0.1) is 10.1 Å². The molecule has 1 unspecified atom stereocenters. The average Bonchev–Trinajstić information content (AvgIpc) is 3.91. The number of hydrogen-bond acceptors (Lipinski definition) is 14. The van der Waals surface area contributed by atoms with Gasteiger partial charge in [-0.3, -0.25) is 25.2 Å². The van der Waals surface area contributed by atoms with Gasteiger partial charge in [-0.05, 0) is 66.3 Å². The molecule has 1 saturated heterocycles. The fraction of sp³-hybridized carbons (Fsp3) is 0.462. The van der Waals surface area contributed by atoms with E-state index in [2.05, 4.69) is 19.3 Å². The molecule has 0 aliphatic carbocycles. The van der Waals surface area contributed by atoms with Crippen LogP contribution in [-0.2, 0) is 4.84 Å². The van der Waals surface area contributed by atoms with Crippen molar-refractivity contribution in [1.29, 1.82) is 0 Å². The van der Waals surface area contributed by atoms with Crippen LogP contribution in [-0.4, -0.2) is 93.2 Å². The van der Waals surface area contributed by atoms with E-state index in [1.54, 1.807) is 39.4 Å². The molecule has 1 N–H and O–H groups in total. The first-order valence-corrected chi connectivity index (χ1v) is 20.1. The molecular formula is C39H49N3O11S2. The van der Waals surface area contributed by atoms with Gasteiger partial charge in [0.15, 0.2) is 34.5 Å². The SMILES string of the molecule is CCSC(SCC)C1CCCN1C(=O)c1cc(OC)c(OCCCOc2ccc(C3=C[C@@H](c4cc(OC)c(OC)c(OC)c4)ON3)cc2OC)cc1[N+](=O)[O-]. The summed E-state index contributed by atoms with van der Waals surface area (Å²) in [4.78, 5) is 33.2. The summed E-state index contributed by atoms with van der Waals surface area (Å²) in [5.74, 6) is 4.49. The molecule has 14 nitrogen and oxygen atoms in total. The van der Waals surface area contributed by atoms with Crippen LogP contribution in [0.25, 0.3) is 5.70 Å². The zero-order valence-electron chi connectivity index (χ0n) is 32.2. The van der Waals surface area contributed by atoms with Crippen LogP contribution >= 0.6 is 23.5 Å². The number of thioether (sulfide) groups is 2. The number of nitrogens with zero attached hydrogens (tertiary/aromatic N) is 2. The highest BCUT2D eigenvalue weighted by Crippen LogP contribution is 2.43. The predicted octanol–water partition coefficient (Wildman–Crippen LogP) is 7.54. The van der Waals surface area contributed by atoms with Crippen LogP contribution in [0.15, 0.2) is 48.5 Å². The zero-order valence-corrected chi connectivity index (χ0v) is 33.8. The Bertz CT molecular complexity index is 1810. The summed E-state index contributed by atoms with van der Waals surface area (Å²) in [6.45, 7) is 5.20. The van der Waals surface area contributed by atoms with Crippen molar-refractivity contribution in [2.24, 2.45) is 0 Å². The fourth-order valence-corrected chi connectivity index (χ4v) is 9.40. The Morgan fingerprint density at radius 2 is 1.51 bits per heavy atom. The first-order valence-electron chi connectivity index (χ1n) is 18.0. The molecule has 3 aromatic rings. The lowest BCUT2D eigenvalue weighted by molar-refractivity contribution is -0.385. The average molecular weight is 800 g/mol. The van der Waals surface area contributed by atoms with Crippen molar-refractivity contribution in [2.75, 3.05) is 66.8 Å². The molecule has 2 heterocycles. The van der Waals surface area contributed by atoms with Crippen LogP contribution in [0.4, 0.5) is 5.69 Å². The number of amides is 1. The van der Waals surface area contributed by atoms with E-state index in [0.29, 0.717) is 41.7 Å². The number of rotatable bonds is 20. The summed E-state index contributed by atoms with van der Waals surface area (Å²) in [6, 6.07) is 11.9. The van der Waals surface area contributed by atoms with E-state index >= 15 is 0 Å². The lowest BCUT2D eigenvalue weighted by Gasteiger charge is -2.31. The van der Waals surface area contributed by atoms with Crippen molar-refractivity contribution in [2.45, 2.75) is 49.8 Å². The minimum Gasteiger partial charge on any atom is -0.493 e. The fourth-order valence-electron chi connectivity index (χ4n) is 6.53. The highest BCUT2D eigenvalue weighted by atomic mass is 32.2. The first-order chi connectivity index (χ1) is 26.7. The summed E-state index contributed by atoms with van der Waals surface area (Å²) < 4.78 is 39.8. The van der Waals surface area contributed by atoms with Crippen LogP contribution in [0.3, 0.4) is 0 Å². The minimum atomic E-state index is -0.542. The number of hydroxylamine groups is 1. The second-order valence-corrected chi connectivity index (χ2v) is 15.5. The highest BCUT2D eigenvalue weighted by Gasteiger charge is 2.38. The van der Waals surface area contributed by atoms with Gasteiger partial charge >= 0.3 is 0 Å². The lowest BCUT2D eigenvalue weighted by atomic mass is 10.0. The third-order valence-electron chi connectivity index (χ3n) is 9.15. The van der Waals surface area contributed by atoms with E-state index in [-0.39, 0.29) is 52.5 Å². The molecule has 1 amide bonds. The Labute approximate surface area is 330 Å². The van der Waals surface area contributed by atoms with Gasteiger partial charge in [0.1, 0.15) is 11.7 Å². The maximum Gasteiger partial charge on any atom is 0.286 e. The topological polar surface area (TPSA) is 149 Å². The third-order valence-corrected chi connectivity index (χ3v) is 11.9. The maximum atomic E-state index is 13.8. The molecule has 2 atom stereocenters. The van der Waals surface area contributed by atoms with Crippen LogP contribution < -0.4 is 38.6 Å². The third kappa shape index (κ3) is 9.59. The van der Waals surface area contributed by atoms with Crippen molar-refractivity contribution >= 4 is 40.8 Å². The molecule has 0 radical (unpaired) electrons. The number of benzene rings is 3. The Morgan fingerprint density at radius 3 is 2.11 bits per heavy atom. The molecule has 3 aromatic carbocycles. The number of carbonyl (C=O) groups excluding carboxylic acids is 1. The monoisotopic (exact) mass is 799 g/mol. The molecule has 55 heavy (non-hydrogen) atoms. The number of nitro benzene ring substituents is 1. The molecule has 0 spiro atoms. The van der Waals surface area contributed by atoms with Crippen molar-refractivity contribution < 1.29 is 47.7 Å². The summed E-state index contributed by atoms with van der Waals surface area (Å²) >= 11 is 3.62. The molecule has 0 aromatic heterocycles. The van der Waals surface area contributed by atoms with Gasteiger partial charge in [0.25, 0.3) is 11.6 Å². The summed E-state index contributed by atoms with van der Waals surface area (Å²) in [5, 5.41) is 12.2. The molecular weight excluding hydrogens is 751 g/mol. The van der Waals surface area contributed by atoms with E-state index in [1.807, 2.05) is 53.9 Å². The maximum absolute atomic E-state index is 13.8. The molecule has 2 aliphatic heterocycles. The number of likely N-dealkylation sites (tertiary alicyclic amines) is 1. The van der Waals surface area contributed by atoms with Crippen LogP contribution in [0.5, 0.6) is 40.2 Å². The molecule has 16 heteroatoms. The van der Waals surface area contributed by atoms with Gasteiger partial charge < -0.3 is 38.1 Å². The summed E-state index contributed by atoms with van der Waals surface area (Å²) in [6.07, 6.45) is 3.68. The van der Waals surface area contributed by atoms with Gasteiger partial charge in [-0.25, -0.2) is 0 Å². The molecule has 0 saturated carbocycles. The van der Waals surface area contributed by atoms with Gasteiger partial charge in [0, 0.05) is 24.6 Å². The normalized spacial score (nSPS) is 16.4. The summed E-state index contributed by atoms with van der Waals surface area (Å²) in [7, 11) is 7.68. The van der Waals surface area contributed by atoms with Gasteiger partial charge in [0.05, 0.1) is 76.1 Å². The second kappa shape index (κ2) is 19.8. The number of hydrogen-bond donors (Lipinski definition) is 1. The smallest absolute Gasteiger partial charge is 0.286 e. The van der Waals surface area contributed by atoms with E-state index < -0.39 is 11.0 Å². The Balaban J connectivity index is 1.21. The largest absolute Gasteiger partial charge is 0.493 e. The molecule has 5 rings (SSSR count). The number of nitrogens with one attached hydrogen (secondary N) is 1. The molecule has 0 bridgehead atoms. The van der Waals surface area contributed by atoms with Gasteiger partial charge in [-0.15, -0.1) is 23.5 Å². The minimum absolute atomic E-state index is 0.00293. The van der Waals surface area contributed by atoms with E-state index in [4.69, 9.17) is 38.0 Å². The summed E-state index contributed by atoms with van der Waals surface area (Å²) in [5.41, 5.74) is 5.03. The molecule has 2 aliphatic rings. The predicted molar refractivity (Wildman–Crippen MR) is 213 cm³/mol. The standard InChI is InChI=1S/C39H49N3O11S2/c1-8-54-39(55-9-2)28-12-10-15-41(28)38(43)26-21-33(47-4)34(23-29(26)42(44)45)52-17-11-16-51-30-14-13-24(18-32(30)46-3)27-22-31(53-40-27)25-19-35(48-5)37(50-7)36(20-25)49-6/h13-14,18-23,28,31,39-40H,8-12,15-17H2,1-7H3/t28?,31-/m0/s1. The second-order valence-electron chi connectivity index (χ2n) is 12.4. The number of methoxy groups -OCH3 is 5. The van der Waals surface area contributed by atoms with Gasteiger partial charge in [0.2, 0.25) is 5.75 Å². The van der Waals surface area contributed by atoms with E-state index in [0.717, 1.165) is 41.2 Å². The van der Waals surface area contributed by atoms with Crippen LogP contribution in [0.2, 0.25) is 0 Å². The number of nitro groups is 1. The quantitative estimate of drug-likeness (QED) is 0.0519. The van der Waals surface area contributed by atoms with Gasteiger partial charge in [-0.2, -0.15) is 0 Å². The van der Waals surface area contributed by atoms with E-state index in [1.165, 1.54) is 19.2 Å². The van der Waals surface area contributed by atoms with E-state index in [9.17, 15) is 14.9 Å². The Hall–Kier alpha value is -4.67. The van der Waals surface area contributed by atoms with Crippen LogP contribution in [0.1, 0.15) is 60.7 Å². The Kier molecular flexibility index (Phi) is 14.9. The van der Waals surface area contributed by atoms with Crippen molar-refractivity contribution in [1.82, 2.24) is 10.4 Å². The van der Waals surface area contributed by atoms with Crippen molar-refractivity contribution in [3.05, 3.63) is 75.3 Å². The van der Waals surface area contributed by atoms with Crippen molar-refractivity contribution in [3.63, 3.8) is 0 Å². The number of ether oxygens (including phenoxy) is 7. The molecule has 1 fully saturated rings. The Morgan fingerprint density at radius 1 is 0.873 bits per heavy atom. The molecule has 298 valence electrons. The van der Waals surface area contributed by atoms with Gasteiger partial charge in [-0.1, -0.05) is 13.8 Å². The lowest BCUT2D eigenvalue weighted by Crippen LogP contribution is -2.41.